The van der Waals surface area contributed by atoms with Crippen molar-refractivity contribution in [2.45, 2.75) is 19.9 Å². The van der Waals surface area contributed by atoms with E-state index in [2.05, 4.69) is 9.88 Å². The highest BCUT2D eigenvalue weighted by molar-refractivity contribution is 7.11. The van der Waals surface area contributed by atoms with Crippen molar-refractivity contribution >= 4 is 17.3 Å². The molecule has 1 aromatic heterocycles. The lowest BCUT2D eigenvalue weighted by Gasteiger charge is -2.20. The Labute approximate surface area is 123 Å². The summed E-state index contributed by atoms with van der Waals surface area (Å²) in [5.41, 5.74) is 0.173. The summed E-state index contributed by atoms with van der Waals surface area (Å²) < 4.78 is 10.2. The molecule has 0 amide bonds. The molecule has 0 aliphatic carbocycles. The van der Waals surface area contributed by atoms with Crippen molar-refractivity contribution in [2.75, 3.05) is 40.5 Å². The Morgan fingerprint density at radius 2 is 1.90 bits per heavy atom. The molecule has 1 rings (SSSR count). The van der Waals surface area contributed by atoms with Gasteiger partial charge in [0.2, 0.25) is 0 Å². The van der Waals surface area contributed by atoms with Crippen LogP contribution in [0.25, 0.3) is 0 Å². The standard InChI is InChI=1S/C13H22N2O4S/c1-4-11-14-12(13(16)17)10(20-11)9-15(5-7-18-2)6-8-19-3/h4-9H2,1-3H3,(H,16,17). The maximum absolute atomic E-state index is 11.2. The molecule has 0 unspecified atom stereocenters. The van der Waals surface area contributed by atoms with Gasteiger partial charge in [0.05, 0.1) is 23.1 Å². The van der Waals surface area contributed by atoms with Crippen molar-refractivity contribution in [2.24, 2.45) is 0 Å². The molecule has 7 heteroatoms. The Hall–Kier alpha value is -1.02. The first kappa shape index (κ1) is 17.0. The first-order valence-corrected chi connectivity index (χ1v) is 7.36. The number of thiazole rings is 1. The lowest BCUT2D eigenvalue weighted by molar-refractivity contribution is 0.0687. The predicted octanol–water partition coefficient (Wildman–Crippen LogP) is 1.50. The number of hydrogen-bond acceptors (Lipinski definition) is 6. The van der Waals surface area contributed by atoms with E-state index in [9.17, 15) is 9.90 Å². The van der Waals surface area contributed by atoms with Crippen LogP contribution in [0.4, 0.5) is 0 Å². The average molecular weight is 302 g/mol. The first-order valence-electron chi connectivity index (χ1n) is 6.54. The largest absolute Gasteiger partial charge is 0.476 e. The highest BCUT2D eigenvalue weighted by atomic mass is 32.1. The summed E-state index contributed by atoms with van der Waals surface area (Å²) >= 11 is 1.47. The van der Waals surface area contributed by atoms with Crippen molar-refractivity contribution in [1.82, 2.24) is 9.88 Å². The third-order valence-electron chi connectivity index (χ3n) is 2.84. The molecule has 0 atom stereocenters. The summed E-state index contributed by atoms with van der Waals surface area (Å²) in [6.07, 6.45) is 0.751. The number of carbonyl (C=O) groups is 1. The zero-order chi connectivity index (χ0) is 15.0. The van der Waals surface area contributed by atoms with E-state index in [0.717, 1.165) is 29.4 Å². The highest BCUT2D eigenvalue weighted by Crippen LogP contribution is 2.21. The van der Waals surface area contributed by atoms with Gasteiger partial charge in [0.15, 0.2) is 5.69 Å². The van der Waals surface area contributed by atoms with Gasteiger partial charge in [-0.1, -0.05) is 6.92 Å². The van der Waals surface area contributed by atoms with E-state index in [-0.39, 0.29) is 5.69 Å². The van der Waals surface area contributed by atoms with E-state index in [1.807, 2.05) is 6.92 Å². The summed E-state index contributed by atoms with van der Waals surface area (Å²) in [6.45, 7) is 5.21. The topological polar surface area (TPSA) is 71.9 Å². The van der Waals surface area contributed by atoms with Gasteiger partial charge in [0.1, 0.15) is 0 Å². The minimum atomic E-state index is -0.964. The van der Waals surface area contributed by atoms with E-state index in [0.29, 0.717) is 19.8 Å². The smallest absolute Gasteiger partial charge is 0.355 e. The monoisotopic (exact) mass is 302 g/mol. The van der Waals surface area contributed by atoms with Crippen LogP contribution in [0.2, 0.25) is 0 Å². The lowest BCUT2D eigenvalue weighted by atomic mass is 10.3. The summed E-state index contributed by atoms with van der Waals surface area (Å²) in [6, 6.07) is 0. The molecule has 0 spiro atoms. The number of aryl methyl sites for hydroxylation is 1. The number of rotatable bonds is 10. The number of nitrogens with zero attached hydrogens (tertiary/aromatic N) is 2. The Morgan fingerprint density at radius 1 is 1.30 bits per heavy atom. The second kappa shape index (κ2) is 9.02. The van der Waals surface area contributed by atoms with Gasteiger partial charge in [-0.15, -0.1) is 11.3 Å². The molecule has 0 aliphatic heterocycles. The zero-order valence-corrected chi connectivity index (χ0v) is 13.0. The molecule has 1 heterocycles. The molecule has 0 bridgehead atoms. The van der Waals surface area contributed by atoms with E-state index in [1.54, 1.807) is 14.2 Å². The number of ether oxygens (including phenoxy) is 2. The number of hydrogen-bond donors (Lipinski definition) is 1. The summed E-state index contributed by atoms with van der Waals surface area (Å²) in [4.78, 5) is 18.3. The van der Waals surface area contributed by atoms with Gasteiger partial charge in [-0.25, -0.2) is 9.78 Å². The van der Waals surface area contributed by atoms with Gasteiger partial charge in [-0.05, 0) is 6.42 Å². The number of aromatic nitrogens is 1. The second-order valence-electron chi connectivity index (χ2n) is 4.30. The van der Waals surface area contributed by atoms with Gasteiger partial charge < -0.3 is 14.6 Å². The summed E-state index contributed by atoms with van der Waals surface area (Å²) in [7, 11) is 3.30. The molecular weight excluding hydrogens is 280 g/mol. The maximum atomic E-state index is 11.2. The van der Waals surface area contributed by atoms with Crippen LogP contribution in [0, 0.1) is 0 Å². The quantitative estimate of drug-likeness (QED) is 0.706. The van der Waals surface area contributed by atoms with Crippen molar-refractivity contribution in [3.8, 4) is 0 Å². The van der Waals surface area contributed by atoms with Crippen LogP contribution < -0.4 is 0 Å². The van der Waals surface area contributed by atoms with Gasteiger partial charge in [0.25, 0.3) is 0 Å². The third kappa shape index (κ3) is 5.16. The highest BCUT2D eigenvalue weighted by Gasteiger charge is 2.19. The molecule has 0 aromatic carbocycles. The second-order valence-corrected chi connectivity index (χ2v) is 5.47. The first-order chi connectivity index (χ1) is 9.62. The van der Waals surface area contributed by atoms with Crippen LogP contribution in [0.1, 0.15) is 27.3 Å². The molecule has 0 aliphatic rings. The molecule has 1 N–H and O–H groups in total. The Morgan fingerprint density at radius 3 is 2.35 bits per heavy atom. The van der Waals surface area contributed by atoms with Crippen LogP contribution in [0.3, 0.4) is 0 Å². The van der Waals surface area contributed by atoms with Crippen LogP contribution in [0.5, 0.6) is 0 Å². The average Bonchev–Trinajstić information content (AvgIpc) is 2.85. The van der Waals surface area contributed by atoms with E-state index in [1.165, 1.54) is 11.3 Å². The van der Waals surface area contributed by atoms with E-state index >= 15 is 0 Å². The molecule has 0 saturated heterocycles. The minimum absolute atomic E-state index is 0.173. The molecule has 6 nitrogen and oxygen atoms in total. The number of methoxy groups -OCH3 is 2. The SMILES string of the molecule is CCc1nc(C(=O)O)c(CN(CCOC)CCOC)s1. The fraction of sp³-hybridized carbons (Fsp3) is 0.692. The number of aromatic carboxylic acids is 1. The minimum Gasteiger partial charge on any atom is -0.476 e. The number of carboxylic acids is 1. The predicted molar refractivity (Wildman–Crippen MR) is 77.5 cm³/mol. The summed E-state index contributed by atoms with van der Waals surface area (Å²) in [5, 5.41) is 10.1. The van der Waals surface area contributed by atoms with Crippen LogP contribution in [0.15, 0.2) is 0 Å². The summed E-state index contributed by atoms with van der Waals surface area (Å²) in [5.74, 6) is -0.964. The molecule has 20 heavy (non-hydrogen) atoms. The normalized spacial score (nSPS) is 11.2. The number of carboxylic acid groups (broad SMARTS) is 1. The van der Waals surface area contributed by atoms with Crippen molar-refractivity contribution < 1.29 is 19.4 Å². The fourth-order valence-corrected chi connectivity index (χ4v) is 2.78. The molecule has 1 aromatic rings. The van der Waals surface area contributed by atoms with Crippen molar-refractivity contribution in [3.63, 3.8) is 0 Å². The Kier molecular flexibility index (Phi) is 7.68. The van der Waals surface area contributed by atoms with Crippen LogP contribution in [-0.4, -0.2) is 61.5 Å². The van der Waals surface area contributed by atoms with E-state index < -0.39 is 5.97 Å². The van der Waals surface area contributed by atoms with Crippen LogP contribution >= 0.6 is 11.3 Å². The molecule has 0 saturated carbocycles. The lowest BCUT2D eigenvalue weighted by Crippen LogP contribution is -2.30. The van der Waals surface area contributed by atoms with Gasteiger partial charge in [-0.2, -0.15) is 0 Å². The molecule has 0 fully saturated rings. The maximum Gasteiger partial charge on any atom is 0.355 e. The molecular formula is C13H22N2O4S. The van der Waals surface area contributed by atoms with Gasteiger partial charge >= 0.3 is 5.97 Å². The Bertz CT molecular complexity index is 415. The zero-order valence-electron chi connectivity index (χ0n) is 12.2. The Balaban J connectivity index is 2.79. The third-order valence-corrected chi connectivity index (χ3v) is 4.02. The van der Waals surface area contributed by atoms with Crippen LogP contribution in [-0.2, 0) is 22.4 Å². The molecule has 0 radical (unpaired) electrons. The molecule has 114 valence electrons. The van der Waals surface area contributed by atoms with Gasteiger partial charge in [0, 0.05) is 33.9 Å². The van der Waals surface area contributed by atoms with Crippen molar-refractivity contribution in [3.05, 3.63) is 15.6 Å². The fourth-order valence-electron chi connectivity index (χ4n) is 1.74. The van der Waals surface area contributed by atoms with Gasteiger partial charge in [-0.3, -0.25) is 4.90 Å². The van der Waals surface area contributed by atoms with Crippen molar-refractivity contribution in [1.29, 1.82) is 0 Å². The van der Waals surface area contributed by atoms with E-state index in [4.69, 9.17) is 9.47 Å².